The summed E-state index contributed by atoms with van der Waals surface area (Å²) in [4.78, 5) is 36.5. The zero-order chi connectivity index (χ0) is 29.7. The molecule has 0 saturated heterocycles. The Morgan fingerprint density at radius 1 is 0.690 bits per heavy atom. The van der Waals surface area contributed by atoms with Crippen molar-refractivity contribution in [3.8, 4) is 17.2 Å². The number of aliphatic carboxylic acids is 1. The number of fused-ring (bicyclic) bond motifs is 1. The molecular formula is C35H40O7. The summed E-state index contributed by atoms with van der Waals surface area (Å²) in [6.45, 7) is 2.89. The topological polar surface area (TPSA) is 99.1 Å². The number of carbonyl (C=O) groups excluding carboxylic acids is 2. The first-order chi connectivity index (χ1) is 20.4. The van der Waals surface area contributed by atoms with Crippen molar-refractivity contribution in [2.75, 3.05) is 6.61 Å². The minimum absolute atomic E-state index is 0.313. The van der Waals surface area contributed by atoms with Crippen LogP contribution in [0, 0.1) is 5.92 Å². The summed E-state index contributed by atoms with van der Waals surface area (Å²) < 4.78 is 16.8. The minimum Gasteiger partial charge on any atom is -0.494 e. The number of aryl methyl sites for hydroxylation is 1. The first-order valence-electron chi connectivity index (χ1n) is 15.0. The van der Waals surface area contributed by atoms with Gasteiger partial charge in [0.1, 0.15) is 17.2 Å². The third-order valence-electron chi connectivity index (χ3n) is 7.62. The fourth-order valence-electron chi connectivity index (χ4n) is 5.11. The molecular weight excluding hydrogens is 532 g/mol. The quantitative estimate of drug-likeness (QED) is 0.113. The van der Waals surface area contributed by atoms with E-state index >= 15 is 0 Å². The number of rotatable bonds is 15. The SMILES string of the molecule is CCCCCCCCCCOc1ccc(C(=O)Oc2ccc(C(=O)Oc3ccc4c(c3)CCC(C(=O)O)C4)cc2)cc1. The lowest BCUT2D eigenvalue weighted by Crippen LogP contribution is -2.22. The van der Waals surface area contributed by atoms with Gasteiger partial charge in [-0.05, 0) is 97.5 Å². The third-order valence-corrected chi connectivity index (χ3v) is 7.62. The molecule has 222 valence electrons. The Kier molecular flexibility index (Phi) is 11.6. The molecule has 0 saturated carbocycles. The first kappa shape index (κ1) is 30.8. The van der Waals surface area contributed by atoms with E-state index in [0.29, 0.717) is 48.5 Å². The minimum atomic E-state index is -0.780. The molecule has 0 aliphatic heterocycles. The van der Waals surface area contributed by atoms with E-state index in [1.807, 2.05) is 6.07 Å². The predicted molar refractivity (Wildman–Crippen MR) is 160 cm³/mol. The highest BCUT2D eigenvalue weighted by atomic mass is 16.5. The second-order valence-corrected chi connectivity index (χ2v) is 10.9. The summed E-state index contributed by atoms with van der Waals surface area (Å²) in [5.74, 6) is -0.741. The van der Waals surface area contributed by atoms with E-state index in [1.54, 1.807) is 60.7 Å². The summed E-state index contributed by atoms with van der Waals surface area (Å²) in [5.41, 5.74) is 2.69. The molecule has 0 fully saturated rings. The smallest absolute Gasteiger partial charge is 0.343 e. The van der Waals surface area contributed by atoms with E-state index in [1.165, 1.54) is 38.5 Å². The van der Waals surface area contributed by atoms with Crippen LogP contribution in [0.25, 0.3) is 0 Å². The van der Waals surface area contributed by atoms with Crippen LogP contribution in [-0.4, -0.2) is 29.6 Å². The molecule has 3 aromatic rings. The summed E-state index contributed by atoms with van der Waals surface area (Å²) >= 11 is 0. The number of carboxylic acids is 1. The van der Waals surface area contributed by atoms with E-state index in [0.717, 1.165) is 29.7 Å². The van der Waals surface area contributed by atoms with Gasteiger partial charge in [0.15, 0.2) is 0 Å². The summed E-state index contributed by atoms with van der Waals surface area (Å²) in [6, 6.07) is 18.4. The molecule has 7 nitrogen and oxygen atoms in total. The molecule has 7 heteroatoms. The largest absolute Gasteiger partial charge is 0.494 e. The summed E-state index contributed by atoms with van der Waals surface area (Å²) in [5, 5.41) is 9.26. The van der Waals surface area contributed by atoms with E-state index in [-0.39, 0.29) is 5.92 Å². The van der Waals surface area contributed by atoms with Crippen molar-refractivity contribution in [1.29, 1.82) is 0 Å². The number of hydrogen-bond donors (Lipinski definition) is 1. The maximum Gasteiger partial charge on any atom is 0.343 e. The van der Waals surface area contributed by atoms with Gasteiger partial charge in [0.25, 0.3) is 0 Å². The standard InChI is InChI=1S/C35H40O7/c1-2-3-4-5-6-7-8-9-22-40-30-17-12-25(13-18-30)34(38)41-31-19-14-26(15-20-31)35(39)42-32-21-16-27-23-29(33(36)37)11-10-28(27)24-32/h12-21,24,29H,2-11,22-23H2,1H3,(H,36,37). The Bertz CT molecular complexity index is 1330. The van der Waals surface area contributed by atoms with Crippen LogP contribution in [0.4, 0.5) is 0 Å². The molecule has 1 aliphatic carbocycles. The highest BCUT2D eigenvalue weighted by Gasteiger charge is 2.24. The number of esters is 2. The summed E-state index contributed by atoms with van der Waals surface area (Å²) in [7, 11) is 0. The highest BCUT2D eigenvalue weighted by Crippen LogP contribution is 2.29. The maximum absolute atomic E-state index is 12.7. The number of carboxylic acid groups (broad SMARTS) is 1. The van der Waals surface area contributed by atoms with Crippen LogP contribution in [-0.2, 0) is 17.6 Å². The average Bonchev–Trinajstić information content (AvgIpc) is 3.00. The molecule has 0 amide bonds. The predicted octanol–water partition coefficient (Wildman–Crippen LogP) is 7.83. The molecule has 1 unspecified atom stereocenters. The molecule has 0 heterocycles. The fraction of sp³-hybridized carbons (Fsp3) is 0.400. The molecule has 0 spiro atoms. The monoisotopic (exact) mass is 572 g/mol. The van der Waals surface area contributed by atoms with Gasteiger partial charge in [-0.2, -0.15) is 0 Å². The fourth-order valence-corrected chi connectivity index (χ4v) is 5.11. The molecule has 4 rings (SSSR count). The van der Waals surface area contributed by atoms with Crippen molar-refractivity contribution in [3.05, 3.63) is 89.0 Å². The Morgan fingerprint density at radius 3 is 1.86 bits per heavy atom. The van der Waals surface area contributed by atoms with Crippen LogP contribution in [0.15, 0.2) is 66.7 Å². The van der Waals surface area contributed by atoms with Gasteiger partial charge in [0, 0.05) is 0 Å². The molecule has 1 aliphatic rings. The van der Waals surface area contributed by atoms with Gasteiger partial charge >= 0.3 is 17.9 Å². The number of unbranched alkanes of at least 4 members (excludes halogenated alkanes) is 7. The van der Waals surface area contributed by atoms with E-state index in [9.17, 15) is 19.5 Å². The molecule has 0 aromatic heterocycles. The van der Waals surface area contributed by atoms with Gasteiger partial charge < -0.3 is 19.3 Å². The Balaban J connectivity index is 1.20. The maximum atomic E-state index is 12.7. The molecule has 42 heavy (non-hydrogen) atoms. The molecule has 3 aromatic carbocycles. The van der Waals surface area contributed by atoms with Crippen molar-refractivity contribution in [1.82, 2.24) is 0 Å². The number of carbonyl (C=O) groups is 3. The van der Waals surface area contributed by atoms with Crippen LogP contribution in [0.3, 0.4) is 0 Å². The third kappa shape index (κ3) is 9.20. The molecule has 1 atom stereocenters. The highest BCUT2D eigenvalue weighted by molar-refractivity contribution is 5.92. The summed E-state index contributed by atoms with van der Waals surface area (Å²) in [6.07, 6.45) is 11.6. The van der Waals surface area contributed by atoms with Crippen molar-refractivity contribution in [3.63, 3.8) is 0 Å². The van der Waals surface area contributed by atoms with Crippen LogP contribution in [0.5, 0.6) is 17.2 Å². The average molecular weight is 573 g/mol. The lowest BCUT2D eigenvalue weighted by molar-refractivity contribution is -0.142. The molecule has 0 radical (unpaired) electrons. The lowest BCUT2D eigenvalue weighted by Gasteiger charge is -2.21. The first-order valence-corrected chi connectivity index (χ1v) is 15.0. The van der Waals surface area contributed by atoms with Crippen LogP contribution >= 0.6 is 0 Å². The van der Waals surface area contributed by atoms with Crippen molar-refractivity contribution in [2.24, 2.45) is 5.92 Å². The van der Waals surface area contributed by atoms with Gasteiger partial charge in [0.2, 0.25) is 0 Å². The van der Waals surface area contributed by atoms with Crippen molar-refractivity contribution >= 4 is 17.9 Å². The Hall–Kier alpha value is -4.13. The van der Waals surface area contributed by atoms with Gasteiger partial charge in [-0.1, -0.05) is 57.9 Å². The van der Waals surface area contributed by atoms with Gasteiger partial charge in [-0.15, -0.1) is 0 Å². The van der Waals surface area contributed by atoms with Gasteiger partial charge in [-0.25, -0.2) is 9.59 Å². The Morgan fingerprint density at radius 2 is 1.24 bits per heavy atom. The molecule has 0 bridgehead atoms. The van der Waals surface area contributed by atoms with E-state index in [2.05, 4.69) is 6.92 Å². The van der Waals surface area contributed by atoms with Gasteiger partial charge in [-0.3, -0.25) is 4.79 Å². The zero-order valence-electron chi connectivity index (χ0n) is 24.3. The number of benzene rings is 3. The molecule has 1 N–H and O–H groups in total. The second-order valence-electron chi connectivity index (χ2n) is 10.9. The number of ether oxygens (including phenoxy) is 3. The second kappa shape index (κ2) is 15.8. The van der Waals surface area contributed by atoms with Gasteiger partial charge in [0.05, 0.1) is 23.7 Å². The Labute approximate surface area is 247 Å². The van der Waals surface area contributed by atoms with Crippen molar-refractivity contribution in [2.45, 2.75) is 77.6 Å². The lowest BCUT2D eigenvalue weighted by atomic mass is 9.84. The van der Waals surface area contributed by atoms with Crippen LogP contribution in [0.1, 0.15) is 96.6 Å². The van der Waals surface area contributed by atoms with Crippen LogP contribution in [0.2, 0.25) is 0 Å². The van der Waals surface area contributed by atoms with E-state index < -0.39 is 17.9 Å². The van der Waals surface area contributed by atoms with E-state index in [4.69, 9.17) is 14.2 Å². The van der Waals surface area contributed by atoms with Crippen molar-refractivity contribution < 1.29 is 33.7 Å². The number of hydrogen-bond acceptors (Lipinski definition) is 6. The normalized spacial score (nSPS) is 14.1. The van der Waals surface area contributed by atoms with Crippen LogP contribution < -0.4 is 14.2 Å². The zero-order valence-corrected chi connectivity index (χ0v) is 24.3.